The van der Waals surface area contributed by atoms with Crippen LogP contribution in [0, 0.1) is 0 Å². The lowest BCUT2D eigenvalue weighted by molar-refractivity contribution is -0.110. The molecule has 0 fully saturated rings. The van der Waals surface area contributed by atoms with Crippen molar-refractivity contribution in [1.29, 1.82) is 0 Å². The number of rotatable bonds is 11. The van der Waals surface area contributed by atoms with E-state index in [4.69, 9.17) is 14.3 Å². The summed E-state index contributed by atoms with van der Waals surface area (Å²) < 4.78 is 10.0. The molecule has 0 heterocycles. The number of carbonyl (C=O) groups is 3. The average molecular weight is 464 g/mol. The van der Waals surface area contributed by atoms with Crippen molar-refractivity contribution >= 4 is 24.5 Å². The van der Waals surface area contributed by atoms with E-state index >= 15 is 0 Å². The highest BCUT2D eigenvalue weighted by Crippen LogP contribution is 2.06. The average Bonchev–Trinajstić information content (AvgIpc) is 2.66. The fourth-order valence-corrected chi connectivity index (χ4v) is 1.50. The highest BCUT2D eigenvalue weighted by Gasteiger charge is 2.15. The van der Waals surface area contributed by atoms with Gasteiger partial charge in [0.05, 0.1) is 17.4 Å². The molecule has 5 N–H and O–H groups in total. The maximum Gasteiger partial charge on any atom is 0.407 e. The predicted octanol–water partition coefficient (Wildman–Crippen LogP) is 1.90. The van der Waals surface area contributed by atoms with Gasteiger partial charge in [0.25, 0.3) is 0 Å². The Labute approximate surface area is 193 Å². The number of hydrazine groups is 1. The van der Waals surface area contributed by atoms with E-state index in [2.05, 4.69) is 27.1 Å². The van der Waals surface area contributed by atoms with Crippen LogP contribution in [0.15, 0.2) is 5.16 Å². The Balaban J connectivity index is -0.000000785. The molecule has 11 heteroatoms. The molecule has 0 saturated heterocycles. The number of nitrogens with two attached hydrogens (primary N) is 1. The van der Waals surface area contributed by atoms with Crippen LogP contribution in [0.4, 0.5) is 4.79 Å². The van der Waals surface area contributed by atoms with E-state index in [0.717, 1.165) is 6.29 Å². The van der Waals surface area contributed by atoms with Gasteiger partial charge in [-0.2, -0.15) is 0 Å². The summed E-state index contributed by atoms with van der Waals surface area (Å²) in [6.45, 7) is 13.8. The van der Waals surface area contributed by atoms with Gasteiger partial charge in [0.15, 0.2) is 0 Å². The molecular weight excluding hydrogens is 418 g/mol. The zero-order valence-electron chi connectivity index (χ0n) is 21.2. The SMILES string of the molecule is CCC(CO/N=C(/CC=O)CCNC(=O)OC(C)(C)C)NC=O.CNN.COC(C)(C)C. The first-order valence-electron chi connectivity index (χ1n) is 10.5. The van der Waals surface area contributed by atoms with E-state index in [1.807, 2.05) is 27.7 Å². The molecule has 2 amide bonds. The Morgan fingerprint density at radius 3 is 2.03 bits per heavy atom. The molecule has 0 spiro atoms. The van der Waals surface area contributed by atoms with Crippen molar-refractivity contribution in [3.63, 3.8) is 0 Å². The molecule has 0 rings (SSSR count). The van der Waals surface area contributed by atoms with Crippen molar-refractivity contribution in [1.82, 2.24) is 16.1 Å². The number of nitrogens with zero attached hydrogens (tertiary/aromatic N) is 1. The fourth-order valence-electron chi connectivity index (χ4n) is 1.50. The summed E-state index contributed by atoms with van der Waals surface area (Å²) >= 11 is 0. The first-order valence-corrected chi connectivity index (χ1v) is 10.5. The Morgan fingerprint density at radius 2 is 1.66 bits per heavy atom. The lowest BCUT2D eigenvalue weighted by atomic mass is 10.2. The lowest BCUT2D eigenvalue weighted by Crippen LogP contribution is -2.33. The summed E-state index contributed by atoms with van der Waals surface area (Å²) in [5, 5.41) is 9.08. The van der Waals surface area contributed by atoms with Crippen molar-refractivity contribution < 1.29 is 28.7 Å². The summed E-state index contributed by atoms with van der Waals surface area (Å²) in [6, 6.07) is -0.131. The molecule has 190 valence electrons. The zero-order chi connectivity index (χ0) is 25.6. The minimum absolute atomic E-state index is 0.0417. The first kappa shape index (κ1) is 34.4. The summed E-state index contributed by atoms with van der Waals surface area (Å²) in [4.78, 5) is 37.7. The number of hydrogen-bond donors (Lipinski definition) is 4. The zero-order valence-corrected chi connectivity index (χ0v) is 21.2. The number of hydrogen-bond acceptors (Lipinski definition) is 9. The van der Waals surface area contributed by atoms with Crippen LogP contribution in [0.2, 0.25) is 0 Å². The molecule has 11 nitrogen and oxygen atoms in total. The van der Waals surface area contributed by atoms with Gasteiger partial charge in [-0.3, -0.25) is 16.1 Å². The normalized spacial score (nSPS) is 12.1. The molecule has 1 unspecified atom stereocenters. The summed E-state index contributed by atoms with van der Waals surface area (Å²) in [6.07, 6.45) is 2.00. The number of ether oxygens (including phenoxy) is 2. The Hall–Kier alpha value is -2.24. The van der Waals surface area contributed by atoms with Crippen LogP contribution in [0.5, 0.6) is 0 Å². The molecule has 0 saturated carbocycles. The van der Waals surface area contributed by atoms with Gasteiger partial charge in [0.2, 0.25) is 6.41 Å². The third kappa shape index (κ3) is 30.0. The predicted molar refractivity (Wildman–Crippen MR) is 126 cm³/mol. The summed E-state index contributed by atoms with van der Waals surface area (Å²) in [5.41, 5.74) is 2.24. The van der Waals surface area contributed by atoms with Crippen LogP contribution < -0.4 is 21.9 Å². The molecule has 0 bridgehead atoms. The number of methoxy groups -OCH3 is 1. The van der Waals surface area contributed by atoms with Crippen LogP contribution >= 0.6 is 0 Å². The fraction of sp³-hybridized carbons (Fsp3) is 0.810. The van der Waals surface area contributed by atoms with Gasteiger partial charge in [0.1, 0.15) is 18.5 Å². The Bertz CT molecular complexity index is 516. The van der Waals surface area contributed by atoms with E-state index in [-0.39, 0.29) is 31.2 Å². The lowest BCUT2D eigenvalue weighted by Gasteiger charge is -2.19. The standard InChI is InChI=1S/C15H27N3O5.C5H12O.CH6N2/c1-5-12(17-11-20)10-22-18-13(7-9-19)6-8-16-14(21)23-15(2,3)4;1-5(2,3)6-4;1-3-2/h9,11-12H,5-8,10H2,1-4H3,(H,16,21)(H,17,20);1-4H3;3H,2H2,1H3/b18-13+;;. The number of nitrogens with one attached hydrogen (secondary N) is 3. The van der Waals surface area contributed by atoms with Gasteiger partial charge in [-0.1, -0.05) is 12.1 Å². The monoisotopic (exact) mass is 463 g/mol. The summed E-state index contributed by atoms with van der Waals surface area (Å²) in [5.74, 6) is 4.60. The maximum absolute atomic E-state index is 11.5. The van der Waals surface area contributed by atoms with Crippen LogP contribution in [0.3, 0.4) is 0 Å². The maximum atomic E-state index is 11.5. The number of carbonyl (C=O) groups excluding carboxylic acids is 3. The summed E-state index contributed by atoms with van der Waals surface area (Å²) in [7, 11) is 3.36. The van der Waals surface area contributed by atoms with Gasteiger partial charge >= 0.3 is 6.09 Å². The van der Waals surface area contributed by atoms with Gasteiger partial charge in [0, 0.05) is 26.5 Å². The number of amides is 2. The van der Waals surface area contributed by atoms with Crippen molar-refractivity contribution in [3.05, 3.63) is 0 Å². The molecule has 1 atom stereocenters. The van der Waals surface area contributed by atoms with E-state index in [1.165, 1.54) is 0 Å². The van der Waals surface area contributed by atoms with Crippen molar-refractivity contribution in [2.45, 2.75) is 85.0 Å². The largest absolute Gasteiger partial charge is 0.444 e. The van der Waals surface area contributed by atoms with Crippen LogP contribution in [-0.2, 0) is 23.9 Å². The minimum atomic E-state index is -0.562. The third-order valence-corrected chi connectivity index (χ3v) is 3.28. The van der Waals surface area contributed by atoms with Gasteiger partial charge in [-0.25, -0.2) is 4.79 Å². The van der Waals surface area contributed by atoms with E-state index < -0.39 is 11.7 Å². The molecule has 0 aliphatic rings. The van der Waals surface area contributed by atoms with E-state index in [1.54, 1.807) is 34.9 Å². The molecule has 32 heavy (non-hydrogen) atoms. The van der Waals surface area contributed by atoms with Crippen LogP contribution in [0.1, 0.15) is 67.7 Å². The van der Waals surface area contributed by atoms with Gasteiger partial charge in [-0.15, -0.1) is 0 Å². The highest BCUT2D eigenvalue weighted by molar-refractivity contribution is 5.94. The second-order valence-corrected chi connectivity index (χ2v) is 8.50. The quantitative estimate of drug-likeness (QED) is 0.157. The molecule has 0 radical (unpaired) electrons. The van der Waals surface area contributed by atoms with Crippen molar-refractivity contribution in [2.75, 3.05) is 27.3 Å². The molecule has 0 aromatic carbocycles. The molecule has 0 aliphatic carbocycles. The molecule has 0 aromatic rings. The molecular formula is C21H45N5O6. The second-order valence-electron chi connectivity index (χ2n) is 8.50. The second kappa shape index (κ2) is 20.7. The third-order valence-electron chi connectivity index (χ3n) is 3.28. The first-order chi connectivity index (χ1) is 14.8. The molecule has 0 aromatic heterocycles. The topological polar surface area (TPSA) is 153 Å². The molecule has 0 aliphatic heterocycles. The minimum Gasteiger partial charge on any atom is -0.444 e. The highest BCUT2D eigenvalue weighted by atomic mass is 16.6. The van der Waals surface area contributed by atoms with E-state index in [9.17, 15) is 14.4 Å². The number of aldehydes is 1. The number of oxime groups is 1. The van der Waals surface area contributed by atoms with Gasteiger partial charge < -0.3 is 29.7 Å². The Morgan fingerprint density at radius 1 is 1.12 bits per heavy atom. The van der Waals surface area contributed by atoms with Gasteiger partial charge in [-0.05, 0) is 55.0 Å². The van der Waals surface area contributed by atoms with Crippen molar-refractivity contribution in [2.24, 2.45) is 11.0 Å². The smallest absolute Gasteiger partial charge is 0.407 e. The van der Waals surface area contributed by atoms with E-state index in [0.29, 0.717) is 25.0 Å². The van der Waals surface area contributed by atoms with Crippen molar-refractivity contribution in [3.8, 4) is 0 Å². The number of alkyl carbamates (subject to hydrolysis) is 1. The van der Waals surface area contributed by atoms with Crippen LogP contribution in [0.25, 0.3) is 0 Å². The van der Waals surface area contributed by atoms with Crippen LogP contribution in [-0.4, -0.2) is 69.1 Å². The Kier molecular flexibility index (Phi) is 22.2.